The lowest BCUT2D eigenvalue weighted by Crippen LogP contribution is -2.73. The topological polar surface area (TPSA) is 66.6 Å². The van der Waals surface area contributed by atoms with Gasteiger partial charge in [-0.3, -0.25) is 4.90 Å². The second kappa shape index (κ2) is 6.09. The minimum atomic E-state index is -0.775. The molecule has 1 aromatic carbocycles. The van der Waals surface area contributed by atoms with E-state index in [1.807, 2.05) is 33.8 Å². The molecular weight excluding hydrogens is 297 g/mol. The minimum Gasteiger partial charge on any atom is -0.435 e. The number of benzene rings is 1. The lowest BCUT2D eigenvalue weighted by Gasteiger charge is -2.52. The first-order chi connectivity index (χ1) is 10.6. The first-order valence-corrected chi connectivity index (χ1v) is 7.95. The molecule has 1 heterocycles. The van der Waals surface area contributed by atoms with Crippen molar-refractivity contribution in [3.8, 4) is 0 Å². The van der Waals surface area contributed by atoms with Gasteiger partial charge in [-0.1, -0.05) is 6.07 Å². The number of anilines is 1. The van der Waals surface area contributed by atoms with Crippen LogP contribution in [-0.2, 0) is 6.54 Å². The zero-order valence-corrected chi connectivity index (χ0v) is 14.3. The number of halogens is 1. The van der Waals surface area contributed by atoms with E-state index in [1.165, 1.54) is 6.07 Å². The Kier molecular flexibility index (Phi) is 4.69. The van der Waals surface area contributed by atoms with Crippen molar-refractivity contribution in [3.63, 3.8) is 0 Å². The molecular formula is C17H27FN3O2+. The Balaban J connectivity index is 2.14. The Hall–Kier alpha value is -1.66. The minimum absolute atomic E-state index is 0.0418. The van der Waals surface area contributed by atoms with Gasteiger partial charge in [0, 0.05) is 13.1 Å². The van der Waals surface area contributed by atoms with E-state index >= 15 is 0 Å². The smallest absolute Gasteiger partial charge is 0.435 e. The van der Waals surface area contributed by atoms with Gasteiger partial charge < -0.3 is 10.8 Å². The van der Waals surface area contributed by atoms with Gasteiger partial charge in [0.15, 0.2) is 0 Å². The fraction of sp³-hybridized carbons (Fsp3) is 0.588. The molecule has 1 fully saturated rings. The van der Waals surface area contributed by atoms with E-state index in [4.69, 9.17) is 5.73 Å². The molecule has 1 unspecified atom stereocenters. The number of hydrogen-bond donors (Lipinski definition) is 2. The maximum Gasteiger partial charge on any atom is 0.514 e. The molecule has 0 radical (unpaired) electrons. The molecule has 1 aliphatic rings. The number of amides is 1. The summed E-state index contributed by atoms with van der Waals surface area (Å²) < 4.78 is 13.6. The van der Waals surface area contributed by atoms with E-state index < -0.39 is 11.9 Å². The van der Waals surface area contributed by atoms with Crippen LogP contribution >= 0.6 is 0 Å². The summed E-state index contributed by atoms with van der Waals surface area (Å²) in [7, 11) is 0. The van der Waals surface area contributed by atoms with Crippen LogP contribution in [0.5, 0.6) is 0 Å². The van der Waals surface area contributed by atoms with E-state index in [-0.39, 0.29) is 21.8 Å². The van der Waals surface area contributed by atoms with Gasteiger partial charge in [0.05, 0.1) is 12.2 Å². The van der Waals surface area contributed by atoms with Gasteiger partial charge in [-0.25, -0.2) is 8.87 Å². The maximum absolute atomic E-state index is 13.6. The van der Waals surface area contributed by atoms with Gasteiger partial charge in [0.1, 0.15) is 23.9 Å². The van der Waals surface area contributed by atoms with Crippen molar-refractivity contribution in [1.82, 2.24) is 4.90 Å². The number of carbonyl (C=O) groups is 1. The normalized spacial score (nSPS) is 26.2. The van der Waals surface area contributed by atoms with E-state index in [1.54, 1.807) is 6.07 Å². The van der Waals surface area contributed by atoms with Crippen LogP contribution in [0.3, 0.4) is 0 Å². The van der Waals surface area contributed by atoms with Crippen molar-refractivity contribution < 1.29 is 18.8 Å². The summed E-state index contributed by atoms with van der Waals surface area (Å²) in [6.07, 6.45) is -0.775. The van der Waals surface area contributed by atoms with Crippen molar-refractivity contribution >= 4 is 11.8 Å². The maximum atomic E-state index is 13.6. The highest BCUT2D eigenvalue weighted by Gasteiger charge is 2.54. The van der Waals surface area contributed by atoms with Gasteiger partial charge in [-0.05, 0) is 45.4 Å². The average Bonchev–Trinajstić information content (AvgIpc) is 2.41. The number of quaternary nitrogens is 1. The number of nitrogens with zero attached hydrogens (tertiary/aromatic N) is 2. The lowest BCUT2D eigenvalue weighted by atomic mass is 9.95. The van der Waals surface area contributed by atoms with Crippen LogP contribution in [0, 0.1) is 5.82 Å². The van der Waals surface area contributed by atoms with Crippen molar-refractivity contribution in [3.05, 3.63) is 29.6 Å². The van der Waals surface area contributed by atoms with E-state index in [2.05, 4.69) is 4.90 Å². The van der Waals surface area contributed by atoms with Crippen molar-refractivity contribution in [2.75, 3.05) is 25.4 Å². The van der Waals surface area contributed by atoms with Gasteiger partial charge >= 0.3 is 6.09 Å². The molecule has 0 bridgehead atoms. The molecule has 1 amide bonds. The molecule has 5 nitrogen and oxygen atoms in total. The number of hydrogen-bond acceptors (Lipinski definition) is 3. The third kappa shape index (κ3) is 3.19. The predicted molar refractivity (Wildman–Crippen MR) is 88.5 cm³/mol. The molecule has 1 saturated heterocycles. The van der Waals surface area contributed by atoms with Gasteiger partial charge in [-0.15, -0.1) is 0 Å². The molecule has 0 spiro atoms. The first-order valence-electron chi connectivity index (χ1n) is 7.95. The second-order valence-corrected chi connectivity index (χ2v) is 7.49. The fourth-order valence-electron chi connectivity index (χ4n) is 3.76. The second-order valence-electron chi connectivity index (χ2n) is 7.49. The predicted octanol–water partition coefficient (Wildman–Crippen LogP) is 2.91. The van der Waals surface area contributed by atoms with Crippen molar-refractivity contribution in [2.24, 2.45) is 0 Å². The van der Waals surface area contributed by atoms with Gasteiger partial charge in [0.2, 0.25) is 0 Å². The van der Waals surface area contributed by atoms with Crippen LogP contribution < -0.4 is 5.73 Å². The van der Waals surface area contributed by atoms with Crippen LogP contribution in [0.15, 0.2) is 18.2 Å². The molecule has 3 N–H and O–H groups in total. The highest BCUT2D eigenvalue weighted by Crippen LogP contribution is 2.32. The molecule has 1 aliphatic heterocycles. The summed E-state index contributed by atoms with van der Waals surface area (Å²) in [6.45, 7) is 10.4. The number of piperazine rings is 1. The zero-order valence-electron chi connectivity index (χ0n) is 14.3. The molecule has 0 aromatic heterocycles. The summed E-state index contributed by atoms with van der Waals surface area (Å²) in [5.41, 5.74) is 6.14. The quantitative estimate of drug-likeness (QED) is 0.648. The number of rotatable bonds is 2. The van der Waals surface area contributed by atoms with E-state index in [0.717, 1.165) is 5.56 Å². The number of carboxylic acid groups (broad SMARTS) is 1. The molecule has 23 heavy (non-hydrogen) atoms. The fourth-order valence-corrected chi connectivity index (χ4v) is 3.76. The molecule has 1 aromatic rings. The summed E-state index contributed by atoms with van der Waals surface area (Å²) in [6, 6.07) is 4.81. The van der Waals surface area contributed by atoms with Gasteiger partial charge in [0.25, 0.3) is 0 Å². The highest BCUT2D eigenvalue weighted by molar-refractivity contribution is 5.58. The van der Waals surface area contributed by atoms with E-state index in [9.17, 15) is 14.3 Å². The molecule has 0 aliphatic carbocycles. The third-order valence-corrected chi connectivity index (χ3v) is 5.05. The molecule has 2 atom stereocenters. The van der Waals surface area contributed by atoms with Crippen LogP contribution in [0.25, 0.3) is 0 Å². The summed E-state index contributed by atoms with van der Waals surface area (Å²) >= 11 is 0. The Bertz CT molecular complexity index is 600. The first kappa shape index (κ1) is 17.7. The van der Waals surface area contributed by atoms with Crippen LogP contribution in [0.1, 0.15) is 33.3 Å². The average molecular weight is 324 g/mol. The Morgan fingerprint density at radius 3 is 2.61 bits per heavy atom. The van der Waals surface area contributed by atoms with Gasteiger partial charge in [-0.2, -0.15) is 4.79 Å². The highest BCUT2D eigenvalue weighted by atomic mass is 19.1. The Labute approximate surface area is 137 Å². The molecule has 6 heteroatoms. The monoisotopic (exact) mass is 324 g/mol. The standard InChI is InChI=1S/C17H26FN3O2/c1-12-10-20(11-13-5-6-15(19)14(18)9-13)7-8-21(12,16(22)23)17(2,3)4/h5-6,9,12H,7-8,10-11,19H2,1-4H3/p+1/t12-,21?/m0/s1. The molecule has 0 saturated carbocycles. The van der Waals surface area contributed by atoms with Crippen molar-refractivity contribution in [1.29, 1.82) is 0 Å². The zero-order chi connectivity index (χ0) is 17.4. The third-order valence-electron chi connectivity index (χ3n) is 5.05. The van der Waals surface area contributed by atoms with Crippen LogP contribution in [-0.4, -0.2) is 51.8 Å². The van der Waals surface area contributed by atoms with Crippen LogP contribution in [0.2, 0.25) is 0 Å². The Morgan fingerprint density at radius 2 is 2.13 bits per heavy atom. The summed E-state index contributed by atoms with van der Waals surface area (Å²) in [4.78, 5) is 14.2. The Morgan fingerprint density at radius 1 is 1.48 bits per heavy atom. The summed E-state index contributed by atoms with van der Waals surface area (Å²) in [5, 5.41) is 9.83. The number of nitrogens with two attached hydrogens (primary N) is 1. The lowest BCUT2D eigenvalue weighted by molar-refractivity contribution is -0.929. The van der Waals surface area contributed by atoms with Crippen molar-refractivity contribution in [2.45, 2.75) is 45.8 Å². The number of nitrogen functional groups attached to an aromatic ring is 1. The van der Waals surface area contributed by atoms with Crippen LogP contribution in [0.4, 0.5) is 14.9 Å². The molecule has 128 valence electrons. The largest absolute Gasteiger partial charge is 0.514 e. The molecule has 2 rings (SSSR count). The van der Waals surface area contributed by atoms with E-state index in [0.29, 0.717) is 26.2 Å². The SMILES string of the molecule is C[C@H]1CN(Cc2ccc(N)c(F)c2)CC[N+]1(C(=O)O)C(C)(C)C. The summed E-state index contributed by atoms with van der Waals surface area (Å²) in [5.74, 6) is -0.405.